The molecule has 3 heteroatoms. The molecule has 0 fully saturated rings. The molecule has 1 aromatic rings. The maximum atomic E-state index is 10.1. The van der Waals surface area contributed by atoms with Gasteiger partial charge in [0.15, 0.2) is 0 Å². The topological polar surface area (TPSA) is 60.7 Å². The van der Waals surface area contributed by atoms with Crippen LogP contribution in [0, 0.1) is 0 Å². The van der Waals surface area contributed by atoms with Crippen molar-refractivity contribution >= 4 is 0 Å². The van der Waals surface area contributed by atoms with Gasteiger partial charge in [-0.05, 0) is 25.7 Å². The van der Waals surface area contributed by atoms with Crippen molar-refractivity contribution in [2.75, 3.05) is 0 Å². The Balaban J connectivity index is 3.04. The lowest BCUT2D eigenvalue weighted by Crippen LogP contribution is -1.94. The van der Waals surface area contributed by atoms with Gasteiger partial charge in [-0.2, -0.15) is 0 Å². The third-order valence-corrected chi connectivity index (χ3v) is 3.02. The van der Waals surface area contributed by atoms with E-state index in [0.29, 0.717) is 24.0 Å². The number of hydrogen-bond acceptors (Lipinski definition) is 3. The smallest absolute Gasteiger partial charge is 0.129 e. The summed E-state index contributed by atoms with van der Waals surface area (Å²) >= 11 is 0. The second kappa shape index (κ2) is 6.38. The Hall–Kier alpha value is -1.38. The molecule has 0 bridgehead atoms. The summed E-state index contributed by atoms with van der Waals surface area (Å²) in [5.74, 6) is 0.0618. The SMILES string of the molecule is CCCCc1c(O)cc(O)c(CCCC)c1O. The van der Waals surface area contributed by atoms with E-state index in [1.54, 1.807) is 0 Å². The minimum absolute atomic E-state index is 0.00583. The van der Waals surface area contributed by atoms with Gasteiger partial charge in [-0.15, -0.1) is 0 Å². The zero-order valence-corrected chi connectivity index (χ0v) is 10.7. The van der Waals surface area contributed by atoms with E-state index in [1.165, 1.54) is 6.07 Å². The minimum Gasteiger partial charge on any atom is -0.507 e. The van der Waals surface area contributed by atoms with E-state index in [2.05, 4.69) is 13.8 Å². The first kappa shape index (κ1) is 13.7. The van der Waals surface area contributed by atoms with Crippen LogP contribution in [0.25, 0.3) is 0 Å². The molecule has 1 rings (SSSR count). The maximum Gasteiger partial charge on any atom is 0.129 e. The molecular formula is C14H22O3. The number of phenols is 3. The summed E-state index contributed by atoms with van der Waals surface area (Å²) in [6.45, 7) is 4.12. The van der Waals surface area contributed by atoms with Crippen LogP contribution in [0.15, 0.2) is 6.07 Å². The highest BCUT2D eigenvalue weighted by molar-refractivity contribution is 5.55. The zero-order valence-electron chi connectivity index (χ0n) is 10.7. The summed E-state index contributed by atoms with van der Waals surface area (Å²) in [5, 5.41) is 29.5. The van der Waals surface area contributed by atoms with Crippen LogP contribution < -0.4 is 0 Å². The van der Waals surface area contributed by atoms with Crippen molar-refractivity contribution < 1.29 is 15.3 Å². The van der Waals surface area contributed by atoms with E-state index in [0.717, 1.165) is 25.7 Å². The molecule has 96 valence electrons. The normalized spacial score (nSPS) is 10.7. The van der Waals surface area contributed by atoms with Crippen molar-refractivity contribution in [1.82, 2.24) is 0 Å². The van der Waals surface area contributed by atoms with Crippen LogP contribution >= 0.6 is 0 Å². The molecular weight excluding hydrogens is 216 g/mol. The van der Waals surface area contributed by atoms with E-state index in [1.807, 2.05) is 0 Å². The first-order valence-corrected chi connectivity index (χ1v) is 6.37. The molecule has 0 saturated heterocycles. The standard InChI is InChI=1S/C14H22O3/c1-3-5-7-10-12(15)9-13(16)11(14(10)17)8-6-4-2/h9,15-17H,3-8H2,1-2H3. The molecule has 0 atom stereocenters. The van der Waals surface area contributed by atoms with Crippen molar-refractivity contribution in [3.05, 3.63) is 17.2 Å². The molecule has 0 aromatic heterocycles. The van der Waals surface area contributed by atoms with E-state index in [4.69, 9.17) is 0 Å². The van der Waals surface area contributed by atoms with Crippen molar-refractivity contribution in [2.24, 2.45) is 0 Å². The Morgan fingerprint density at radius 3 is 1.59 bits per heavy atom. The molecule has 0 aliphatic heterocycles. The Bertz CT molecular complexity index is 340. The van der Waals surface area contributed by atoms with E-state index >= 15 is 0 Å². The monoisotopic (exact) mass is 238 g/mol. The Morgan fingerprint density at radius 2 is 1.24 bits per heavy atom. The van der Waals surface area contributed by atoms with Gasteiger partial charge in [0.05, 0.1) is 0 Å². The second-order valence-electron chi connectivity index (χ2n) is 4.43. The summed E-state index contributed by atoms with van der Waals surface area (Å²) in [7, 11) is 0. The van der Waals surface area contributed by atoms with Crippen LogP contribution in [0.3, 0.4) is 0 Å². The molecule has 0 spiro atoms. The fraction of sp³-hybridized carbons (Fsp3) is 0.571. The molecule has 1 aromatic carbocycles. The molecule has 0 aliphatic rings. The summed E-state index contributed by atoms with van der Waals surface area (Å²) in [6, 6.07) is 1.34. The Kier molecular flexibility index (Phi) is 5.13. The van der Waals surface area contributed by atoms with Gasteiger partial charge >= 0.3 is 0 Å². The van der Waals surface area contributed by atoms with Crippen molar-refractivity contribution in [3.8, 4) is 17.2 Å². The predicted molar refractivity (Wildman–Crippen MR) is 68.7 cm³/mol. The molecule has 3 nitrogen and oxygen atoms in total. The van der Waals surface area contributed by atoms with Gasteiger partial charge in [-0.25, -0.2) is 0 Å². The highest BCUT2D eigenvalue weighted by Crippen LogP contribution is 2.38. The van der Waals surface area contributed by atoms with Crippen LogP contribution in [0.2, 0.25) is 0 Å². The third-order valence-electron chi connectivity index (χ3n) is 3.02. The van der Waals surface area contributed by atoms with E-state index in [9.17, 15) is 15.3 Å². The Morgan fingerprint density at radius 1 is 0.824 bits per heavy atom. The molecule has 17 heavy (non-hydrogen) atoms. The molecule has 0 saturated carbocycles. The molecule has 0 heterocycles. The first-order chi connectivity index (χ1) is 8.11. The minimum atomic E-state index is -0.00583. The van der Waals surface area contributed by atoms with Crippen LogP contribution in [-0.2, 0) is 12.8 Å². The number of phenolic OH excluding ortho intramolecular Hbond substituents is 3. The fourth-order valence-electron chi connectivity index (χ4n) is 1.93. The molecule has 3 N–H and O–H groups in total. The van der Waals surface area contributed by atoms with E-state index < -0.39 is 0 Å². The van der Waals surface area contributed by atoms with Crippen molar-refractivity contribution in [2.45, 2.75) is 52.4 Å². The summed E-state index contributed by atoms with van der Waals surface area (Å²) in [5.41, 5.74) is 1.13. The quantitative estimate of drug-likeness (QED) is 0.711. The van der Waals surface area contributed by atoms with Gasteiger partial charge in [0.25, 0.3) is 0 Å². The van der Waals surface area contributed by atoms with Crippen molar-refractivity contribution in [1.29, 1.82) is 0 Å². The lowest BCUT2D eigenvalue weighted by atomic mass is 9.98. The van der Waals surface area contributed by atoms with Gasteiger partial charge in [0, 0.05) is 17.2 Å². The average Bonchev–Trinajstić information content (AvgIpc) is 2.28. The van der Waals surface area contributed by atoms with Crippen LogP contribution in [0.4, 0.5) is 0 Å². The molecule has 0 aliphatic carbocycles. The maximum absolute atomic E-state index is 10.1. The lowest BCUT2D eigenvalue weighted by Gasteiger charge is -2.13. The van der Waals surface area contributed by atoms with Crippen LogP contribution in [0.1, 0.15) is 50.7 Å². The van der Waals surface area contributed by atoms with Gasteiger partial charge < -0.3 is 15.3 Å². The van der Waals surface area contributed by atoms with E-state index in [-0.39, 0.29) is 17.2 Å². The summed E-state index contributed by atoms with van der Waals surface area (Å²) in [6.07, 6.45) is 5.13. The number of hydrogen-bond donors (Lipinski definition) is 3. The summed E-state index contributed by atoms with van der Waals surface area (Å²) < 4.78 is 0. The summed E-state index contributed by atoms with van der Waals surface area (Å²) in [4.78, 5) is 0. The predicted octanol–water partition coefficient (Wildman–Crippen LogP) is 3.49. The van der Waals surface area contributed by atoms with Gasteiger partial charge in [-0.3, -0.25) is 0 Å². The fourth-order valence-corrected chi connectivity index (χ4v) is 1.93. The zero-order chi connectivity index (χ0) is 12.8. The van der Waals surface area contributed by atoms with Gasteiger partial charge in [0.1, 0.15) is 17.2 Å². The largest absolute Gasteiger partial charge is 0.507 e. The second-order valence-corrected chi connectivity index (χ2v) is 4.43. The molecule has 0 radical (unpaired) electrons. The van der Waals surface area contributed by atoms with Crippen LogP contribution in [0.5, 0.6) is 17.2 Å². The van der Waals surface area contributed by atoms with Gasteiger partial charge in [0.2, 0.25) is 0 Å². The molecule has 0 unspecified atom stereocenters. The average molecular weight is 238 g/mol. The number of unbranched alkanes of at least 4 members (excludes halogenated alkanes) is 2. The highest BCUT2D eigenvalue weighted by atomic mass is 16.3. The lowest BCUT2D eigenvalue weighted by molar-refractivity contribution is 0.408. The van der Waals surface area contributed by atoms with Crippen LogP contribution in [-0.4, -0.2) is 15.3 Å². The van der Waals surface area contributed by atoms with Gasteiger partial charge in [-0.1, -0.05) is 26.7 Å². The number of aromatic hydroxyl groups is 3. The molecule has 0 amide bonds. The Labute approximate surface area is 103 Å². The third kappa shape index (κ3) is 3.29. The highest BCUT2D eigenvalue weighted by Gasteiger charge is 2.16. The number of rotatable bonds is 6. The number of benzene rings is 1. The van der Waals surface area contributed by atoms with Crippen molar-refractivity contribution in [3.63, 3.8) is 0 Å². The first-order valence-electron chi connectivity index (χ1n) is 6.37.